The Balaban J connectivity index is 0.000000269. The zero-order chi connectivity index (χ0) is 21.6. The number of hydrogen-bond acceptors (Lipinski definition) is 5. The highest BCUT2D eigenvalue weighted by atomic mass is 16.5. The maximum absolute atomic E-state index is 11.6. The molecular formula is C24H22N4O2. The average Bonchev–Trinajstić information content (AvgIpc) is 2.77. The first-order valence-electron chi connectivity index (χ1n) is 9.25. The van der Waals surface area contributed by atoms with E-state index in [-0.39, 0.29) is 6.61 Å². The number of benzene rings is 3. The smallest absolute Gasteiger partial charge is 0.411 e. The van der Waals surface area contributed by atoms with Gasteiger partial charge in [-0.15, -0.1) is 0 Å². The first-order chi connectivity index (χ1) is 14.6. The summed E-state index contributed by atoms with van der Waals surface area (Å²) in [5.74, 6) is 0. The van der Waals surface area contributed by atoms with Gasteiger partial charge in [-0.25, -0.2) is 4.79 Å². The summed E-state index contributed by atoms with van der Waals surface area (Å²) in [6.45, 7) is 0.235. The van der Waals surface area contributed by atoms with Crippen molar-refractivity contribution in [1.82, 2.24) is 0 Å². The van der Waals surface area contributed by atoms with Crippen LogP contribution in [0, 0.1) is 22.7 Å². The van der Waals surface area contributed by atoms with E-state index in [1.54, 1.807) is 36.4 Å². The topological polar surface area (TPSA) is 112 Å². The van der Waals surface area contributed by atoms with Crippen molar-refractivity contribution in [3.8, 4) is 12.1 Å². The van der Waals surface area contributed by atoms with Gasteiger partial charge >= 0.3 is 6.09 Å². The molecule has 0 aliphatic carbocycles. The van der Waals surface area contributed by atoms with Crippen molar-refractivity contribution in [1.29, 1.82) is 10.5 Å². The molecule has 6 nitrogen and oxygen atoms in total. The van der Waals surface area contributed by atoms with Gasteiger partial charge in [-0.2, -0.15) is 10.5 Å². The van der Waals surface area contributed by atoms with Crippen molar-refractivity contribution in [2.24, 2.45) is 0 Å². The summed E-state index contributed by atoms with van der Waals surface area (Å²) in [6, 6.07) is 28.0. The van der Waals surface area contributed by atoms with Gasteiger partial charge in [0.25, 0.3) is 0 Å². The lowest BCUT2D eigenvalue weighted by molar-refractivity contribution is 0.155. The Morgan fingerprint density at radius 1 is 0.800 bits per heavy atom. The van der Waals surface area contributed by atoms with Crippen LogP contribution in [0.4, 0.5) is 16.2 Å². The molecule has 30 heavy (non-hydrogen) atoms. The van der Waals surface area contributed by atoms with E-state index >= 15 is 0 Å². The number of rotatable bonds is 5. The third-order valence-corrected chi connectivity index (χ3v) is 3.96. The second kappa shape index (κ2) is 12.2. The Labute approximate surface area is 176 Å². The zero-order valence-corrected chi connectivity index (χ0v) is 16.4. The number of carbonyl (C=O) groups is 1. The van der Waals surface area contributed by atoms with Gasteiger partial charge < -0.3 is 10.5 Å². The molecular weight excluding hydrogens is 376 g/mol. The van der Waals surface area contributed by atoms with E-state index in [1.807, 2.05) is 42.5 Å². The van der Waals surface area contributed by atoms with Crippen molar-refractivity contribution in [3.63, 3.8) is 0 Å². The molecule has 0 atom stereocenters. The van der Waals surface area contributed by atoms with Crippen LogP contribution in [0.3, 0.4) is 0 Å². The lowest BCUT2D eigenvalue weighted by Crippen LogP contribution is -2.13. The molecule has 3 rings (SSSR count). The Bertz CT molecular complexity index is 1000. The quantitative estimate of drug-likeness (QED) is 0.598. The molecule has 6 heteroatoms. The van der Waals surface area contributed by atoms with Gasteiger partial charge in [-0.3, -0.25) is 5.32 Å². The number of carbonyl (C=O) groups excluding carboxylic acids is 1. The third-order valence-electron chi connectivity index (χ3n) is 3.96. The fourth-order valence-corrected chi connectivity index (χ4v) is 2.40. The van der Waals surface area contributed by atoms with Gasteiger partial charge in [-0.05, 0) is 41.0 Å². The molecule has 0 saturated heterocycles. The van der Waals surface area contributed by atoms with E-state index in [2.05, 4.69) is 17.5 Å². The van der Waals surface area contributed by atoms with Crippen molar-refractivity contribution < 1.29 is 9.53 Å². The highest BCUT2D eigenvalue weighted by Gasteiger charge is 2.03. The molecule has 0 heterocycles. The average molecular weight is 398 g/mol. The summed E-state index contributed by atoms with van der Waals surface area (Å²) < 4.78 is 5.11. The molecule has 0 spiro atoms. The van der Waals surface area contributed by atoms with Crippen LogP contribution in [0.25, 0.3) is 0 Å². The Hall–Kier alpha value is -4.29. The summed E-state index contributed by atoms with van der Waals surface area (Å²) in [7, 11) is 0. The molecule has 150 valence electrons. The standard InChI is InChI=1S/C16H14N2O2.C8H8N2/c17-11-10-13-6-8-15(9-7-13)18-16(19)20-12-14-4-2-1-3-5-14;9-6-5-7-1-3-8(10)4-2-7/h1-9H,10,12H2,(H,18,19);1-4H,5,10H2. The van der Waals surface area contributed by atoms with Crippen molar-refractivity contribution >= 4 is 17.5 Å². The van der Waals surface area contributed by atoms with E-state index in [4.69, 9.17) is 21.0 Å². The molecule has 1 amide bonds. The van der Waals surface area contributed by atoms with E-state index in [0.717, 1.165) is 22.4 Å². The van der Waals surface area contributed by atoms with E-state index in [0.29, 0.717) is 18.5 Å². The van der Waals surface area contributed by atoms with Crippen LogP contribution in [0.5, 0.6) is 0 Å². The first-order valence-corrected chi connectivity index (χ1v) is 9.25. The van der Waals surface area contributed by atoms with Gasteiger partial charge in [0.15, 0.2) is 0 Å². The second-order valence-electron chi connectivity index (χ2n) is 6.30. The largest absolute Gasteiger partial charge is 0.444 e. The maximum Gasteiger partial charge on any atom is 0.411 e. The molecule has 0 fully saturated rings. The highest BCUT2D eigenvalue weighted by Crippen LogP contribution is 2.11. The fourth-order valence-electron chi connectivity index (χ4n) is 2.40. The van der Waals surface area contributed by atoms with Gasteiger partial charge in [0.05, 0.1) is 25.0 Å². The van der Waals surface area contributed by atoms with Crippen molar-refractivity contribution in [2.75, 3.05) is 11.1 Å². The fraction of sp³-hybridized carbons (Fsp3) is 0.125. The predicted octanol–water partition coefficient (Wildman–Crippen LogP) is 4.84. The number of nitriles is 2. The molecule has 3 aromatic rings. The number of amides is 1. The number of nitrogens with one attached hydrogen (secondary N) is 1. The summed E-state index contributed by atoms with van der Waals surface area (Å²) in [5.41, 5.74) is 9.68. The molecule has 0 saturated carbocycles. The van der Waals surface area contributed by atoms with Crippen LogP contribution in [-0.4, -0.2) is 6.09 Å². The van der Waals surface area contributed by atoms with Crippen molar-refractivity contribution in [3.05, 3.63) is 95.6 Å². The van der Waals surface area contributed by atoms with Crippen LogP contribution in [0.15, 0.2) is 78.9 Å². The SMILES string of the molecule is N#CCc1ccc(N)cc1.N#CCc1ccc(NC(=O)OCc2ccccc2)cc1. The van der Waals surface area contributed by atoms with Gasteiger partial charge in [0.1, 0.15) is 6.61 Å². The third kappa shape index (κ3) is 8.16. The van der Waals surface area contributed by atoms with Gasteiger partial charge in [0, 0.05) is 11.4 Å². The summed E-state index contributed by atoms with van der Waals surface area (Å²) in [4.78, 5) is 11.6. The van der Waals surface area contributed by atoms with E-state index in [1.165, 1.54) is 0 Å². The number of nitrogen functional groups attached to an aromatic ring is 1. The van der Waals surface area contributed by atoms with Crippen LogP contribution in [-0.2, 0) is 24.2 Å². The number of ether oxygens (including phenoxy) is 1. The number of anilines is 2. The Kier molecular flexibility index (Phi) is 8.97. The number of nitrogens with two attached hydrogens (primary N) is 1. The molecule has 0 aliphatic heterocycles. The van der Waals surface area contributed by atoms with Crippen LogP contribution < -0.4 is 11.1 Å². The Morgan fingerprint density at radius 2 is 1.33 bits per heavy atom. The molecule has 0 radical (unpaired) electrons. The van der Waals surface area contributed by atoms with Crippen molar-refractivity contribution in [2.45, 2.75) is 19.4 Å². The predicted molar refractivity (Wildman–Crippen MR) is 116 cm³/mol. The molecule has 0 bridgehead atoms. The lowest BCUT2D eigenvalue weighted by Gasteiger charge is -2.07. The minimum absolute atomic E-state index is 0.235. The van der Waals surface area contributed by atoms with Crippen LogP contribution in [0.2, 0.25) is 0 Å². The van der Waals surface area contributed by atoms with E-state index in [9.17, 15) is 4.79 Å². The highest BCUT2D eigenvalue weighted by molar-refractivity contribution is 5.84. The monoisotopic (exact) mass is 398 g/mol. The minimum Gasteiger partial charge on any atom is -0.444 e. The summed E-state index contributed by atoms with van der Waals surface area (Å²) >= 11 is 0. The maximum atomic E-state index is 11.6. The lowest BCUT2D eigenvalue weighted by atomic mass is 10.1. The summed E-state index contributed by atoms with van der Waals surface area (Å²) in [5, 5.41) is 19.5. The van der Waals surface area contributed by atoms with Crippen LogP contribution >= 0.6 is 0 Å². The van der Waals surface area contributed by atoms with Gasteiger partial charge in [0.2, 0.25) is 0 Å². The second-order valence-corrected chi connectivity index (χ2v) is 6.30. The molecule has 0 unspecified atom stereocenters. The molecule has 0 aromatic heterocycles. The zero-order valence-electron chi connectivity index (χ0n) is 16.4. The first kappa shape index (κ1) is 22.0. The minimum atomic E-state index is -0.498. The van der Waals surface area contributed by atoms with Gasteiger partial charge in [-0.1, -0.05) is 54.6 Å². The summed E-state index contributed by atoms with van der Waals surface area (Å²) in [6.07, 6.45) is 0.320. The number of nitrogens with zero attached hydrogens (tertiary/aromatic N) is 2. The van der Waals surface area contributed by atoms with Crippen LogP contribution in [0.1, 0.15) is 16.7 Å². The Morgan fingerprint density at radius 3 is 1.87 bits per heavy atom. The van der Waals surface area contributed by atoms with E-state index < -0.39 is 6.09 Å². The normalized spacial score (nSPS) is 9.27. The molecule has 0 aliphatic rings. The number of hydrogen-bond donors (Lipinski definition) is 2. The molecule has 3 aromatic carbocycles. The molecule has 3 N–H and O–H groups in total.